The third-order valence-electron chi connectivity index (χ3n) is 5.73. The predicted molar refractivity (Wildman–Crippen MR) is 94.0 cm³/mol. The molecule has 1 amide bonds. The Kier molecular flexibility index (Phi) is 4.79. The maximum Gasteiger partial charge on any atom is 0.225 e. The molecular weight excluding hydrogens is 324 g/mol. The first-order valence-corrected chi connectivity index (χ1v) is 9.51. The fraction of sp³-hybridized carbons (Fsp3) is 0.632. The molecule has 3 aliphatic heterocycles. The molecule has 2 bridgehead atoms. The SMILES string of the molecule is O=C(NC[C@H](c1cccc(Cl)c1)N1CCCC1)[C@@H]1C[C@@H]2CC[C@@H]1O2. The Morgan fingerprint density at radius 2 is 2.17 bits per heavy atom. The van der Waals surface area contributed by atoms with Gasteiger partial charge in [0.2, 0.25) is 5.91 Å². The summed E-state index contributed by atoms with van der Waals surface area (Å²) >= 11 is 6.18. The standard InChI is InChI=1S/C19H25ClN2O2/c20-14-5-3-4-13(10-14)17(22-8-1-2-9-22)12-21-19(23)16-11-15-6-7-18(16)24-15/h3-5,10,15-18H,1-2,6-9,11-12H2,(H,21,23)/t15-,16+,17+,18-/m0/s1. The van der Waals surface area contributed by atoms with Gasteiger partial charge < -0.3 is 10.1 Å². The summed E-state index contributed by atoms with van der Waals surface area (Å²) in [6, 6.07) is 8.23. The second kappa shape index (κ2) is 7.03. The van der Waals surface area contributed by atoms with E-state index in [9.17, 15) is 4.79 Å². The van der Waals surface area contributed by atoms with Gasteiger partial charge in [-0.15, -0.1) is 0 Å². The molecule has 4 atom stereocenters. The van der Waals surface area contributed by atoms with Crippen LogP contribution in [0.25, 0.3) is 0 Å². The number of rotatable bonds is 5. The summed E-state index contributed by atoms with van der Waals surface area (Å²) in [4.78, 5) is 15.1. The molecule has 0 saturated carbocycles. The summed E-state index contributed by atoms with van der Waals surface area (Å²) < 4.78 is 5.82. The summed E-state index contributed by atoms with van der Waals surface area (Å²) in [6.45, 7) is 2.82. The maximum absolute atomic E-state index is 12.6. The molecule has 4 nitrogen and oxygen atoms in total. The van der Waals surface area contributed by atoms with Crippen LogP contribution in [0.4, 0.5) is 0 Å². The topological polar surface area (TPSA) is 41.6 Å². The minimum atomic E-state index is 0.0438. The Morgan fingerprint density at radius 3 is 2.83 bits per heavy atom. The molecule has 0 aromatic heterocycles. The number of hydrogen-bond acceptors (Lipinski definition) is 3. The number of fused-ring (bicyclic) bond motifs is 2. The zero-order valence-corrected chi connectivity index (χ0v) is 14.7. The Bertz CT molecular complexity index is 603. The number of halogens is 1. The van der Waals surface area contributed by atoms with Gasteiger partial charge in [-0.1, -0.05) is 23.7 Å². The number of amides is 1. The monoisotopic (exact) mass is 348 g/mol. The van der Waals surface area contributed by atoms with E-state index in [-0.39, 0.29) is 24.0 Å². The molecule has 130 valence electrons. The minimum absolute atomic E-state index is 0.0438. The lowest BCUT2D eigenvalue weighted by molar-refractivity contribution is -0.126. The summed E-state index contributed by atoms with van der Waals surface area (Å²) in [5, 5.41) is 3.95. The van der Waals surface area contributed by atoms with Crippen LogP contribution >= 0.6 is 11.6 Å². The zero-order chi connectivity index (χ0) is 16.5. The highest BCUT2D eigenvalue weighted by atomic mass is 35.5. The fourth-order valence-corrected chi connectivity index (χ4v) is 4.67. The maximum atomic E-state index is 12.6. The first-order chi connectivity index (χ1) is 11.7. The molecule has 1 aromatic carbocycles. The zero-order valence-electron chi connectivity index (χ0n) is 13.9. The van der Waals surface area contributed by atoms with Gasteiger partial charge in [0.25, 0.3) is 0 Å². The van der Waals surface area contributed by atoms with Gasteiger partial charge in [0, 0.05) is 11.6 Å². The predicted octanol–water partition coefficient (Wildman–Crippen LogP) is 3.16. The fourth-order valence-electron chi connectivity index (χ4n) is 4.47. The van der Waals surface area contributed by atoms with Crippen LogP contribution in [0, 0.1) is 5.92 Å². The number of carbonyl (C=O) groups is 1. The molecule has 5 heteroatoms. The van der Waals surface area contributed by atoms with Gasteiger partial charge >= 0.3 is 0 Å². The highest BCUT2D eigenvalue weighted by Gasteiger charge is 2.44. The lowest BCUT2D eigenvalue weighted by Crippen LogP contribution is -2.41. The number of ether oxygens (including phenoxy) is 1. The molecule has 3 fully saturated rings. The van der Waals surface area contributed by atoms with Gasteiger partial charge in [-0.25, -0.2) is 0 Å². The van der Waals surface area contributed by atoms with Crippen molar-refractivity contribution in [1.82, 2.24) is 10.2 Å². The number of benzene rings is 1. The van der Waals surface area contributed by atoms with Crippen LogP contribution in [0.1, 0.15) is 43.7 Å². The van der Waals surface area contributed by atoms with Gasteiger partial charge in [0.1, 0.15) is 0 Å². The molecule has 0 spiro atoms. The summed E-state index contributed by atoms with van der Waals surface area (Å²) in [7, 11) is 0. The summed E-state index contributed by atoms with van der Waals surface area (Å²) in [5.74, 6) is 0.204. The van der Waals surface area contributed by atoms with E-state index in [1.54, 1.807) is 0 Å². The largest absolute Gasteiger partial charge is 0.374 e. The van der Waals surface area contributed by atoms with E-state index in [0.29, 0.717) is 12.6 Å². The number of nitrogens with zero attached hydrogens (tertiary/aromatic N) is 1. The van der Waals surface area contributed by atoms with Crippen LogP contribution in [-0.2, 0) is 9.53 Å². The van der Waals surface area contributed by atoms with Gasteiger partial charge in [0.05, 0.1) is 24.2 Å². The van der Waals surface area contributed by atoms with Crippen molar-refractivity contribution in [2.45, 2.75) is 50.4 Å². The third-order valence-corrected chi connectivity index (χ3v) is 5.96. The van der Waals surface area contributed by atoms with Crippen molar-refractivity contribution in [3.05, 3.63) is 34.9 Å². The Balaban J connectivity index is 1.43. The van der Waals surface area contributed by atoms with Crippen molar-refractivity contribution in [3.63, 3.8) is 0 Å². The Labute approximate surface area is 148 Å². The van der Waals surface area contributed by atoms with Crippen molar-refractivity contribution < 1.29 is 9.53 Å². The van der Waals surface area contributed by atoms with Gasteiger partial charge in [-0.2, -0.15) is 0 Å². The molecule has 3 heterocycles. The summed E-state index contributed by atoms with van der Waals surface area (Å²) in [5.41, 5.74) is 1.19. The molecule has 4 rings (SSSR count). The molecular formula is C19H25ClN2O2. The lowest BCUT2D eigenvalue weighted by Gasteiger charge is -2.29. The molecule has 1 aromatic rings. The van der Waals surface area contributed by atoms with E-state index in [0.717, 1.165) is 37.4 Å². The van der Waals surface area contributed by atoms with Gasteiger partial charge in [-0.3, -0.25) is 9.69 Å². The van der Waals surface area contributed by atoms with Crippen molar-refractivity contribution >= 4 is 17.5 Å². The van der Waals surface area contributed by atoms with Crippen molar-refractivity contribution in [1.29, 1.82) is 0 Å². The van der Waals surface area contributed by atoms with E-state index in [2.05, 4.69) is 16.3 Å². The highest BCUT2D eigenvalue weighted by Crippen LogP contribution is 2.39. The third kappa shape index (κ3) is 3.32. The average molecular weight is 349 g/mol. The van der Waals surface area contributed by atoms with Crippen LogP contribution in [-0.4, -0.2) is 42.6 Å². The number of likely N-dealkylation sites (tertiary alicyclic amines) is 1. The summed E-state index contributed by atoms with van der Waals surface area (Å²) in [6.07, 6.45) is 5.96. The van der Waals surface area contributed by atoms with Crippen LogP contribution in [0.2, 0.25) is 5.02 Å². The average Bonchev–Trinajstić information content (AvgIpc) is 3.33. The van der Waals surface area contributed by atoms with Crippen molar-refractivity contribution in [2.24, 2.45) is 5.92 Å². The van der Waals surface area contributed by atoms with Gasteiger partial charge in [-0.05, 0) is 62.9 Å². The molecule has 1 N–H and O–H groups in total. The molecule has 3 saturated heterocycles. The highest BCUT2D eigenvalue weighted by molar-refractivity contribution is 6.30. The molecule has 0 radical (unpaired) electrons. The Hall–Kier alpha value is -1.10. The van der Waals surface area contributed by atoms with Crippen molar-refractivity contribution in [3.8, 4) is 0 Å². The Morgan fingerprint density at radius 1 is 1.33 bits per heavy atom. The van der Waals surface area contributed by atoms with Crippen LogP contribution in [0.3, 0.4) is 0 Å². The lowest BCUT2D eigenvalue weighted by atomic mass is 9.88. The second-order valence-electron chi connectivity index (χ2n) is 7.28. The quantitative estimate of drug-likeness (QED) is 0.888. The number of nitrogens with one attached hydrogen (secondary N) is 1. The van der Waals surface area contributed by atoms with E-state index in [1.165, 1.54) is 18.4 Å². The molecule has 0 unspecified atom stereocenters. The van der Waals surface area contributed by atoms with E-state index in [1.807, 2.05) is 18.2 Å². The van der Waals surface area contributed by atoms with Crippen molar-refractivity contribution in [2.75, 3.05) is 19.6 Å². The first-order valence-electron chi connectivity index (χ1n) is 9.13. The van der Waals surface area contributed by atoms with Crippen LogP contribution in [0.5, 0.6) is 0 Å². The first kappa shape index (κ1) is 16.4. The van der Waals surface area contributed by atoms with Crippen LogP contribution in [0.15, 0.2) is 24.3 Å². The van der Waals surface area contributed by atoms with Crippen LogP contribution < -0.4 is 5.32 Å². The smallest absolute Gasteiger partial charge is 0.225 e. The number of carbonyl (C=O) groups excluding carboxylic acids is 1. The van der Waals surface area contributed by atoms with E-state index < -0.39 is 0 Å². The normalized spacial score (nSPS) is 30.6. The minimum Gasteiger partial charge on any atom is -0.374 e. The van der Waals surface area contributed by atoms with E-state index >= 15 is 0 Å². The number of hydrogen-bond donors (Lipinski definition) is 1. The molecule has 24 heavy (non-hydrogen) atoms. The molecule has 3 aliphatic rings. The molecule has 0 aliphatic carbocycles. The van der Waals surface area contributed by atoms with Gasteiger partial charge in [0.15, 0.2) is 0 Å². The van der Waals surface area contributed by atoms with E-state index in [4.69, 9.17) is 16.3 Å². The second-order valence-corrected chi connectivity index (χ2v) is 7.71.